The van der Waals surface area contributed by atoms with Gasteiger partial charge in [-0.05, 0) is 36.0 Å². The van der Waals surface area contributed by atoms with Crippen molar-refractivity contribution in [3.8, 4) is 0 Å². The van der Waals surface area contributed by atoms with Crippen molar-refractivity contribution in [1.82, 2.24) is 15.0 Å². The molecule has 4 nitrogen and oxygen atoms in total. The smallest absolute Gasteiger partial charge is 0.226 e. The van der Waals surface area contributed by atoms with Crippen molar-refractivity contribution < 1.29 is 4.74 Å². The van der Waals surface area contributed by atoms with Gasteiger partial charge in [0.2, 0.25) is 10.6 Å². The van der Waals surface area contributed by atoms with Crippen LogP contribution in [0.2, 0.25) is 10.6 Å². The van der Waals surface area contributed by atoms with Crippen LogP contribution in [-0.2, 0) is 4.74 Å². The van der Waals surface area contributed by atoms with Gasteiger partial charge in [0.1, 0.15) is 5.82 Å². The highest BCUT2D eigenvalue weighted by Crippen LogP contribution is 2.25. The SMILES string of the molecule is Clc1nc(Cl)nc(C2CCOCC2)n1. The summed E-state index contributed by atoms with van der Waals surface area (Å²) in [6.45, 7) is 1.48. The van der Waals surface area contributed by atoms with Crippen molar-refractivity contribution in [1.29, 1.82) is 0 Å². The van der Waals surface area contributed by atoms with Gasteiger partial charge in [0.15, 0.2) is 0 Å². The lowest BCUT2D eigenvalue weighted by atomic mass is 10.00. The molecule has 6 heteroatoms. The quantitative estimate of drug-likeness (QED) is 0.746. The van der Waals surface area contributed by atoms with E-state index in [1.54, 1.807) is 0 Å². The van der Waals surface area contributed by atoms with E-state index in [0.29, 0.717) is 11.7 Å². The second kappa shape index (κ2) is 4.38. The van der Waals surface area contributed by atoms with Crippen LogP contribution in [0.15, 0.2) is 0 Å². The van der Waals surface area contributed by atoms with E-state index in [1.165, 1.54) is 0 Å². The molecule has 2 rings (SSSR count). The number of rotatable bonds is 1. The first-order valence-electron chi connectivity index (χ1n) is 4.40. The summed E-state index contributed by atoms with van der Waals surface area (Å²) >= 11 is 11.4. The first kappa shape index (κ1) is 10.1. The highest BCUT2D eigenvalue weighted by Gasteiger charge is 2.19. The zero-order valence-corrected chi connectivity index (χ0v) is 8.92. The Balaban J connectivity index is 2.21. The molecule has 76 valence electrons. The van der Waals surface area contributed by atoms with Gasteiger partial charge in [-0.1, -0.05) is 0 Å². The number of hydrogen-bond acceptors (Lipinski definition) is 4. The van der Waals surface area contributed by atoms with Crippen molar-refractivity contribution in [2.45, 2.75) is 18.8 Å². The monoisotopic (exact) mass is 233 g/mol. The van der Waals surface area contributed by atoms with Crippen molar-refractivity contribution in [3.63, 3.8) is 0 Å². The Hall–Kier alpha value is -0.450. The lowest BCUT2D eigenvalue weighted by Gasteiger charge is -2.20. The fraction of sp³-hybridized carbons (Fsp3) is 0.625. The largest absolute Gasteiger partial charge is 0.381 e. The first-order valence-corrected chi connectivity index (χ1v) is 5.16. The predicted octanol–water partition coefficient (Wildman–Crippen LogP) is 2.07. The molecule has 14 heavy (non-hydrogen) atoms. The number of halogens is 2. The zero-order valence-electron chi connectivity index (χ0n) is 7.41. The molecule has 1 aromatic rings. The topological polar surface area (TPSA) is 47.9 Å². The maximum absolute atomic E-state index is 5.69. The van der Waals surface area contributed by atoms with Crippen LogP contribution in [-0.4, -0.2) is 28.2 Å². The van der Waals surface area contributed by atoms with Gasteiger partial charge in [-0.25, -0.2) is 9.97 Å². The van der Waals surface area contributed by atoms with Gasteiger partial charge < -0.3 is 4.74 Å². The van der Waals surface area contributed by atoms with Gasteiger partial charge in [0.25, 0.3) is 0 Å². The molecule has 0 aliphatic carbocycles. The first-order chi connectivity index (χ1) is 6.75. The standard InChI is InChI=1S/C8H9Cl2N3O/c9-7-11-6(12-8(10)13-7)5-1-3-14-4-2-5/h5H,1-4H2. The van der Waals surface area contributed by atoms with Crippen LogP contribution in [0.4, 0.5) is 0 Å². The van der Waals surface area contributed by atoms with E-state index in [0.717, 1.165) is 26.1 Å². The molecule has 0 aromatic carbocycles. The summed E-state index contributed by atoms with van der Waals surface area (Å²) in [5.41, 5.74) is 0. The van der Waals surface area contributed by atoms with Gasteiger partial charge >= 0.3 is 0 Å². The van der Waals surface area contributed by atoms with Crippen molar-refractivity contribution in [2.75, 3.05) is 13.2 Å². The lowest BCUT2D eigenvalue weighted by Crippen LogP contribution is -2.16. The van der Waals surface area contributed by atoms with Crippen LogP contribution in [0, 0.1) is 0 Å². The maximum Gasteiger partial charge on any atom is 0.226 e. The van der Waals surface area contributed by atoms with E-state index in [9.17, 15) is 0 Å². The average molecular weight is 234 g/mol. The number of nitrogens with zero attached hydrogens (tertiary/aromatic N) is 3. The molecule has 0 radical (unpaired) electrons. The molecule has 1 aromatic heterocycles. The Kier molecular flexibility index (Phi) is 3.15. The Morgan fingerprint density at radius 2 is 1.57 bits per heavy atom. The van der Waals surface area contributed by atoms with Crippen molar-refractivity contribution in [3.05, 3.63) is 16.4 Å². The fourth-order valence-electron chi connectivity index (χ4n) is 1.48. The molecule has 1 saturated heterocycles. The maximum atomic E-state index is 5.69. The van der Waals surface area contributed by atoms with Gasteiger partial charge in [-0.2, -0.15) is 4.98 Å². The summed E-state index contributed by atoms with van der Waals surface area (Å²) in [5, 5.41) is 0.318. The molecule has 0 N–H and O–H groups in total. The van der Waals surface area contributed by atoms with Crippen LogP contribution in [0.25, 0.3) is 0 Å². The number of ether oxygens (including phenoxy) is 1. The summed E-state index contributed by atoms with van der Waals surface area (Å²) < 4.78 is 5.24. The van der Waals surface area contributed by atoms with Crippen LogP contribution >= 0.6 is 23.2 Å². The molecule has 0 atom stereocenters. The van der Waals surface area contributed by atoms with Gasteiger partial charge in [0, 0.05) is 19.1 Å². The summed E-state index contributed by atoms with van der Waals surface area (Å²) in [6.07, 6.45) is 1.83. The molecule has 0 saturated carbocycles. The lowest BCUT2D eigenvalue weighted by molar-refractivity contribution is 0.0835. The normalized spacial score (nSPS) is 18.4. The Labute approximate surface area is 91.6 Å². The molecular formula is C8H9Cl2N3O. The Morgan fingerprint density at radius 1 is 1.00 bits per heavy atom. The van der Waals surface area contributed by atoms with E-state index < -0.39 is 0 Å². The highest BCUT2D eigenvalue weighted by molar-refractivity contribution is 6.31. The van der Waals surface area contributed by atoms with Crippen molar-refractivity contribution >= 4 is 23.2 Å². The van der Waals surface area contributed by atoms with Crippen LogP contribution in [0.1, 0.15) is 24.6 Å². The summed E-state index contributed by atoms with van der Waals surface area (Å²) in [4.78, 5) is 11.8. The molecule has 0 spiro atoms. The minimum absolute atomic E-state index is 0.159. The van der Waals surface area contributed by atoms with Gasteiger partial charge in [-0.15, -0.1) is 0 Å². The number of hydrogen-bond donors (Lipinski definition) is 0. The zero-order chi connectivity index (χ0) is 9.97. The third kappa shape index (κ3) is 2.32. The molecular weight excluding hydrogens is 225 g/mol. The van der Waals surface area contributed by atoms with Crippen LogP contribution in [0.5, 0.6) is 0 Å². The minimum Gasteiger partial charge on any atom is -0.381 e. The van der Waals surface area contributed by atoms with E-state index in [4.69, 9.17) is 27.9 Å². The second-order valence-electron chi connectivity index (χ2n) is 3.12. The minimum atomic E-state index is 0.159. The average Bonchev–Trinajstić information content (AvgIpc) is 2.18. The third-order valence-corrected chi connectivity index (χ3v) is 2.52. The van der Waals surface area contributed by atoms with Crippen LogP contribution in [0.3, 0.4) is 0 Å². The van der Waals surface area contributed by atoms with E-state index in [2.05, 4.69) is 15.0 Å². The number of aromatic nitrogens is 3. The summed E-state index contributed by atoms with van der Waals surface area (Å²) in [5.74, 6) is 0.972. The molecule has 2 heterocycles. The summed E-state index contributed by atoms with van der Waals surface area (Å²) in [7, 11) is 0. The van der Waals surface area contributed by atoms with E-state index in [-0.39, 0.29) is 10.6 Å². The molecule has 1 aliphatic heterocycles. The predicted molar refractivity (Wildman–Crippen MR) is 52.6 cm³/mol. The Morgan fingerprint density at radius 3 is 2.14 bits per heavy atom. The summed E-state index contributed by atoms with van der Waals surface area (Å²) in [6, 6.07) is 0. The van der Waals surface area contributed by atoms with E-state index >= 15 is 0 Å². The van der Waals surface area contributed by atoms with Gasteiger partial charge in [-0.3, -0.25) is 0 Å². The molecule has 1 aliphatic rings. The molecule has 0 amide bonds. The van der Waals surface area contributed by atoms with Crippen molar-refractivity contribution in [2.24, 2.45) is 0 Å². The Bertz CT molecular complexity index is 308. The van der Waals surface area contributed by atoms with Crippen LogP contribution < -0.4 is 0 Å². The molecule has 0 bridgehead atoms. The molecule has 0 unspecified atom stereocenters. The van der Waals surface area contributed by atoms with E-state index in [1.807, 2.05) is 0 Å². The highest BCUT2D eigenvalue weighted by atomic mass is 35.5. The van der Waals surface area contributed by atoms with Gasteiger partial charge in [0.05, 0.1) is 0 Å². The second-order valence-corrected chi connectivity index (χ2v) is 3.79. The molecule has 1 fully saturated rings. The third-order valence-electron chi connectivity index (χ3n) is 2.18. The fourth-order valence-corrected chi connectivity index (χ4v) is 1.86.